The Labute approximate surface area is 157 Å². The molecule has 0 fully saturated rings. The number of hydrogen-bond donors (Lipinski definition) is 1. The number of nitrogens with zero attached hydrogens (tertiary/aromatic N) is 3. The highest BCUT2D eigenvalue weighted by molar-refractivity contribution is 6.04. The van der Waals surface area contributed by atoms with Crippen LogP contribution < -0.4 is 5.32 Å². The number of amides is 1. The molecule has 0 saturated carbocycles. The van der Waals surface area contributed by atoms with Crippen molar-refractivity contribution in [1.29, 1.82) is 0 Å². The third kappa shape index (κ3) is 3.74. The van der Waals surface area contributed by atoms with E-state index in [1.165, 1.54) is 25.0 Å². The molecule has 0 radical (unpaired) electrons. The van der Waals surface area contributed by atoms with Gasteiger partial charge in [0.05, 0.1) is 5.56 Å². The number of aryl methyl sites for hydroxylation is 1. The van der Waals surface area contributed by atoms with E-state index < -0.39 is 11.7 Å². The van der Waals surface area contributed by atoms with Crippen molar-refractivity contribution in [2.75, 3.05) is 5.32 Å². The Morgan fingerprint density at radius 3 is 2.56 bits per heavy atom. The van der Waals surface area contributed by atoms with Gasteiger partial charge in [-0.3, -0.25) is 4.79 Å². The van der Waals surface area contributed by atoms with Gasteiger partial charge in [0.1, 0.15) is 11.6 Å². The van der Waals surface area contributed by atoms with Crippen molar-refractivity contribution in [3.05, 3.63) is 65.7 Å². The molecule has 3 aromatic rings. The summed E-state index contributed by atoms with van der Waals surface area (Å²) < 4.78 is 15.9. The molecule has 5 nitrogen and oxygen atoms in total. The number of benzene rings is 2. The van der Waals surface area contributed by atoms with Crippen LogP contribution in [0.15, 0.2) is 48.5 Å². The van der Waals surface area contributed by atoms with Crippen molar-refractivity contribution in [2.24, 2.45) is 0 Å². The zero-order valence-corrected chi connectivity index (χ0v) is 15.0. The molecule has 138 valence electrons. The zero-order valence-electron chi connectivity index (χ0n) is 15.0. The van der Waals surface area contributed by atoms with Gasteiger partial charge < -0.3 is 9.88 Å². The summed E-state index contributed by atoms with van der Waals surface area (Å²) in [5, 5.41) is 11.5. The van der Waals surface area contributed by atoms with E-state index >= 15 is 0 Å². The Hall–Kier alpha value is -3.02. The smallest absolute Gasteiger partial charge is 0.258 e. The lowest BCUT2D eigenvalue weighted by Crippen LogP contribution is -2.13. The Bertz CT molecular complexity index is 949. The highest BCUT2D eigenvalue weighted by Crippen LogP contribution is 2.24. The molecule has 2 aromatic carbocycles. The fraction of sp³-hybridized carbons (Fsp3) is 0.286. The van der Waals surface area contributed by atoms with E-state index in [1.807, 2.05) is 12.1 Å². The van der Waals surface area contributed by atoms with Crippen LogP contribution >= 0.6 is 0 Å². The van der Waals surface area contributed by atoms with Crippen LogP contribution in [0.3, 0.4) is 0 Å². The number of aromatic nitrogens is 3. The lowest BCUT2D eigenvalue weighted by Gasteiger charge is -2.13. The summed E-state index contributed by atoms with van der Waals surface area (Å²) in [7, 11) is 0. The molecular weight excluding hydrogens is 343 g/mol. The average molecular weight is 364 g/mol. The number of rotatable bonds is 3. The fourth-order valence-electron chi connectivity index (χ4n) is 3.42. The van der Waals surface area contributed by atoms with E-state index in [0.717, 1.165) is 43.0 Å². The van der Waals surface area contributed by atoms with E-state index in [0.29, 0.717) is 5.69 Å². The van der Waals surface area contributed by atoms with Gasteiger partial charge in [-0.25, -0.2) is 4.39 Å². The molecule has 2 heterocycles. The number of fused-ring (bicyclic) bond motifs is 1. The molecular formula is C21H21FN4O. The molecule has 0 aliphatic carbocycles. The topological polar surface area (TPSA) is 59.8 Å². The minimum Gasteiger partial charge on any atom is -0.322 e. The standard InChI is InChI=1S/C21H21FN4O/c22-18-8-5-4-7-17(18)21(27)23-16-12-10-15(11-13-16)20-25-24-19-9-3-1-2-6-14-26(19)20/h4-5,7-8,10-13H,1-3,6,9,14H2,(H,23,27). The second-order valence-electron chi connectivity index (χ2n) is 6.77. The van der Waals surface area contributed by atoms with Gasteiger partial charge >= 0.3 is 0 Å². The number of halogens is 1. The minimum absolute atomic E-state index is 0.0282. The lowest BCUT2D eigenvalue weighted by atomic mass is 10.1. The van der Waals surface area contributed by atoms with E-state index in [1.54, 1.807) is 24.3 Å². The third-order valence-electron chi connectivity index (χ3n) is 4.88. The van der Waals surface area contributed by atoms with Crippen molar-refractivity contribution in [3.63, 3.8) is 0 Å². The number of hydrogen-bond acceptors (Lipinski definition) is 3. The van der Waals surface area contributed by atoms with Gasteiger partial charge in [0, 0.05) is 24.2 Å². The van der Waals surface area contributed by atoms with Crippen molar-refractivity contribution >= 4 is 11.6 Å². The first-order chi connectivity index (χ1) is 13.2. The summed E-state index contributed by atoms with van der Waals surface area (Å²) in [5.41, 5.74) is 1.60. The Balaban J connectivity index is 1.53. The molecule has 0 unspecified atom stereocenters. The molecule has 1 aliphatic heterocycles. The van der Waals surface area contributed by atoms with Gasteiger partial charge in [-0.2, -0.15) is 0 Å². The van der Waals surface area contributed by atoms with Gasteiger partial charge in [-0.05, 0) is 49.2 Å². The van der Waals surface area contributed by atoms with Crippen LogP contribution in [0.25, 0.3) is 11.4 Å². The summed E-state index contributed by atoms with van der Waals surface area (Å²) in [6.45, 7) is 0.934. The van der Waals surface area contributed by atoms with Gasteiger partial charge in [-0.1, -0.05) is 25.0 Å². The maximum absolute atomic E-state index is 13.7. The van der Waals surface area contributed by atoms with E-state index in [9.17, 15) is 9.18 Å². The summed E-state index contributed by atoms with van der Waals surface area (Å²) in [4.78, 5) is 12.2. The zero-order chi connectivity index (χ0) is 18.6. The van der Waals surface area contributed by atoms with Crippen LogP contribution in [0.1, 0.15) is 41.9 Å². The first kappa shape index (κ1) is 17.4. The molecule has 0 saturated heterocycles. The Morgan fingerprint density at radius 2 is 1.74 bits per heavy atom. The molecule has 4 rings (SSSR count). The Morgan fingerprint density at radius 1 is 0.963 bits per heavy atom. The molecule has 0 spiro atoms. The Kier molecular flexibility index (Phi) is 4.96. The molecule has 27 heavy (non-hydrogen) atoms. The summed E-state index contributed by atoms with van der Waals surface area (Å²) in [5.74, 6) is 0.905. The molecule has 1 N–H and O–H groups in total. The lowest BCUT2D eigenvalue weighted by molar-refractivity contribution is 0.102. The van der Waals surface area contributed by atoms with E-state index in [2.05, 4.69) is 20.1 Å². The first-order valence-electron chi connectivity index (χ1n) is 9.31. The van der Waals surface area contributed by atoms with Crippen LogP contribution in [0.4, 0.5) is 10.1 Å². The largest absolute Gasteiger partial charge is 0.322 e. The average Bonchev–Trinajstić information content (AvgIpc) is 3.04. The first-order valence-corrected chi connectivity index (χ1v) is 9.31. The highest BCUT2D eigenvalue weighted by atomic mass is 19.1. The van der Waals surface area contributed by atoms with Gasteiger partial charge in [0.15, 0.2) is 5.82 Å². The summed E-state index contributed by atoms with van der Waals surface area (Å²) >= 11 is 0. The maximum atomic E-state index is 13.7. The molecule has 1 amide bonds. The normalized spacial score (nSPS) is 14.1. The maximum Gasteiger partial charge on any atom is 0.258 e. The quantitative estimate of drug-likeness (QED) is 0.747. The fourth-order valence-corrected chi connectivity index (χ4v) is 3.42. The molecule has 0 atom stereocenters. The van der Waals surface area contributed by atoms with Crippen molar-refractivity contribution in [3.8, 4) is 11.4 Å². The van der Waals surface area contributed by atoms with Gasteiger partial charge in [0.25, 0.3) is 5.91 Å². The summed E-state index contributed by atoms with van der Waals surface area (Å²) in [6.07, 6.45) is 5.73. The van der Waals surface area contributed by atoms with Crippen LogP contribution in [-0.2, 0) is 13.0 Å². The monoisotopic (exact) mass is 364 g/mol. The second kappa shape index (κ2) is 7.70. The van der Waals surface area contributed by atoms with Crippen LogP contribution in [-0.4, -0.2) is 20.7 Å². The second-order valence-corrected chi connectivity index (χ2v) is 6.77. The SMILES string of the molecule is O=C(Nc1ccc(-c2nnc3n2CCCCCC3)cc1)c1ccccc1F. The van der Waals surface area contributed by atoms with Gasteiger partial charge in [-0.15, -0.1) is 10.2 Å². The van der Waals surface area contributed by atoms with Crippen LogP contribution in [0, 0.1) is 5.82 Å². The number of carbonyl (C=O) groups is 1. The highest BCUT2D eigenvalue weighted by Gasteiger charge is 2.16. The number of carbonyl (C=O) groups excluding carboxylic acids is 1. The third-order valence-corrected chi connectivity index (χ3v) is 4.88. The van der Waals surface area contributed by atoms with E-state index in [-0.39, 0.29) is 5.56 Å². The number of nitrogens with one attached hydrogen (secondary N) is 1. The molecule has 0 bridgehead atoms. The van der Waals surface area contributed by atoms with Crippen molar-refractivity contribution < 1.29 is 9.18 Å². The number of anilines is 1. The van der Waals surface area contributed by atoms with Crippen molar-refractivity contribution in [2.45, 2.75) is 38.6 Å². The molecule has 6 heteroatoms. The van der Waals surface area contributed by atoms with Crippen LogP contribution in [0.5, 0.6) is 0 Å². The minimum atomic E-state index is -0.534. The molecule has 1 aromatic heterocycles. The molecule has 1 aliphatic rings. The van der Waals surface area contributed by atoms with E-state index in [4.69, 9.17) is 0 Å². The predicted octanol–water partition coefficient (Wildman–Crippen LogP) is 4.45. The van der Waals surface area contributed by atoms with Crippen LogP contribution in [0.2, 0.25) is 0 Å². The summed E-state index contributed by atoms with van der Waals surface area (Å²) in [6, 6.07) is 13.4. The van der Waals surface area contributed by atoms with Gasteiger partial charge in [0.2, 0.25) is 0 Å². The van der Waals surface area contributed by atoms with Crippen molar-refractivity contribution in [1.82, 2.24) is 14.8 Å². The predicted molar refractivity (Wildman–Crippen MR) is 102 cm³/mol.